The molecule has 0 saturated heterocycles. The zero-order valence-corrected chi connectivity index (χ0v) is 22.3. The molecular weight excluding hydrogens is 506 g/mol. The third-order valence-corrected chi connectivity index (χ3v) is 7.87. The molecule has 2 aliphatic rings. The van der Waals surface area contributed by atoms with Crippen molar-refractivity contribution in [2.75, 3.05) is 5.75 Å². The monoisotopic (exact) mass is 535 g/mol. The highest BCUT2D eigenvalue weighted by atomic mass is 35.5. The van der Waals surface area contributed by atoms with Gasteiger partial charge >= 0.3 is 5.97 Å². The van der Waals surface area contributed by atoms with Gasteiger partial charge in [-0.1, -0.05) is 85.1 Å². The van der Waals surface area contributed by atoms with E-state index in [2.05, 4.69) is 16.7 Å². The molecule has 1 aliphatic heterocycles. The minimum atomic E-state index is -0.643. The topological polar surface area (TPSA) is 91.2 Å². The molecule has 0 bridgehead atoms. The maximum atomic E-state index is 13.3. The first kappa shape index (κ1) is 26.8. The van der Waals surface area contributed by atoms with Gasteiger partial charge in [0.25, 0.3) is 0 Å². The number of carbonyl (C=O) groups is 2. The lowest BCUT2D eigenvalue weighted by atomic mass is 9.82. The van der Waals surface area contributed by atoms with Crippen LogP contribution in [0.2, 0.25) is 5.02 Å². The standard InChI is InChI=1S/C29H30ClN3O3S/c1-19-26(29(35)36-17-20-8-4-2-5-9-20)27(21-12-14-22(30)15-13-21)24(16-31)28(32-19)37-18-25(34)33-23-10-6-3-7-11-23/h2,4-5,8-9,12-15,23,27,32H,3,6-7,10-11,17-18H2,1H3,(H,33,34)/t27-/m0/s1. The van der Waals surface area contributed by atoms with Crippen molar-refractivity contribution in [2.45, 2.75) is 57.6 Å². The fraction of sp³-hybridized carbons (Fsp3) is 0.345. The Hall–Kier alpha value is -3.21. The number of nitrogens with one attached hydrogen (secondary N) is 2. The SMILES string of the molecule is CC1=C(C(=O)OCc2ccccc2)[C@@H](c2ccc(Cl)cc2)C(C#N)=C(SCC(=O)NC2CCCCC2)N1. The minimum Gasteiger partial charge on any atom is -0.457 e. The van der Waals surface area contributed by atoms with Crippen molar-refractivity contribution >= 4 is 35.2 Å². The molecule has 0 aromatic heterocycles. The average molecular weight is 536 g/mol. The molecule has 8 heteroatoms. The number of hydrogen-bond donors (Lipinski definition) is 2. The second-order valence-electron chi connectivity index (χ2n) is 9.26. The fourth-order valence-electron chi connectivity index (χ4n) is 4.74. The number of amides is 1. The summed E-state index contributed by atoms with van der Waals surface area (Å²) < 4.78 is 5.66. The smallest absolute Gasteiger partial charge is 0.337 e. The van der Waals surface area contributed by atoms with Crippen LogP contribution in [0.4, 0.5) is 0 Å². The minimum absolute atomic E-state index is 0.0544. The maximum absolute atomic E-state index is 13.3. The van der Waals surface area contributed by atoms with Gasteiger partial charge in [0.15, 0.2) is 0 Å². The number of rotatable bonds is 8. The first-order valence-electron chi connectivity index (χ1n) is 12.5. The van der Waals surface area contributed by atoms with Crippen LogP contribution in [0.15, 0.2) is 76.5 Å². The summed E-state index contributed by atoms with van der Waals surface area (Å²) in [4.78, 5) is 26.0. The lowest BCUT2D eigenvalue weighted by molar-refractivity contribution is -0.140. The highest BCUT2D eigenvalue weighted by Gasteiger charge is 2.35. The summed E-state index contributed by atoms with van der Waals surface area (Å²) in [5.41, 5.74) is 2.95. The number of esters is 1. The van der Waals surface area contributed by atoms with E-state index in [1.165, 1.54) is 18.2 Å². The molecule has 1 amide bonds. The van der Waals surface area contributed by atoms with Crippen LogP contribution in [0.3, 0.4) is 0 Å². The Kier molecular flexibility index (Phi) is 9.32. The number of benzene rings is 2. The van der Waals surface area contributed by atoms with Gasteiger partial charge < -0.3 is 15.4 Å². The summed E-state index contributed by atoms with van der Waals surface area (Å²) in [6.07, 6.45) is 5.52. The summed E-state index contributed by atoms with van der Waals surface area (Å²) in [6.45, 7) is 1.91. The van der Waals surface area contributed by atoms with E-state index in [9.17, 15) is 14.9 Å². The van der Waals surface area contributed by atoms with Crippen molar-refractivity contribution in [1.29, 1.82) is 5.26 Å². The predicted octanol–water partition coefficient (Wildman–Crippen LogP) is 5.96. The zero-order chi connectivity index (χ0) is 26.2. The first-order chi connectivity index (χ1) is 18.0. The third kappa shape index (κ3) is 6.97. The Bertz CT molecular complexity index is 1230. The van der Waals surface area contributed by atoms with Gasteiger partial charge in [0.1, 0.15) is 6.61 Å². The number of ether oxygens (including phenoxy) is 1. The lowest BCUT2D eigenvalue weighted by Gasteiger charge is -2.29. The van der Waals surface area contributed by atoms with Crippen molar-refractivity contribution in [2.24, 2.45) is 0 Å². The quantitative estimate of drug-likeness (QED) is 0.405. The summed E-state index contributed by atoms with van der Waals surface area (Å²) in [7, 11) is 0. The molecule has 1 saturated carbocycles. The number of dihydropyridines is 1. The van der Waals surface area contributed by atoms with E-state index in [-0.39, 0.29) is 24.3 Å². The molecule has 2 N–H and O–H groups in total. The van der Waals surface area contributed by atoms with Gasteiger partial charge in [-0.2, -0.15) is 5.26 Å². The lowest BCUT2D eigenvalue weighted by Crippen LogP contribution is -2.37. The van der Waals surface area contributed by atoms with Gasteiger partial charge in [-0.05, 0) is 43.0 Å². The van der Waals surface area contributed by atoms with Crippen molar-refractivity contribution in [3.63, 3.8) is 0 Å². The van der Waals surface area contributed by atoms with E-state index in [0.717, 1.165) is 36.8 Å². The van der Waals surface area contributed by atoms with E-state index in [1.54, 1.807) is 19.1 Å². The van der Waals surface area contributed by atoms with Gasteiger partial charge in [0.05, 0.1) is 33.9 Å². The number of hydrogen-bond acceptors (Lipinski definition) is 6. The highest BCUT2D eigenvalue weighted by molar-refractivity contribution is 8.03. The molecule has 4 rings (SSSR count). The zero-order valence-electron chi connectivity index (χ0n) is 20.8. The van der Waals surface area contributed by atoms with Gasteiger partial charge in [-0.15, -0.1) is 0 Å². The van der Waals surface area contributed by atoms with Crippen LogP contribution in [0.1, 0.15) is 56.1 Å². The van der Waals surface area contributed by atoms with Crippen LogP contribution < -0.4 is 10.6 Å². The molecule has 1 fully saturated rings. The molecular formula is C29H30ClN3O3S. The highest BCUT2D eigenvalue weighted by Crippen LogP contribution is 2.41. The molecule has 1 aliphatic carbocycles. The van der Waals surface area contributed by atoms with Crippen molar-refractivity contribution in [1.82, 2.24) is 10.6 Å². The van der Waals surface area contributed by atoms with E-state index >= 15 is 0 Å². The molecule has 1 atom stereocenters. The molecule has 2 aromatic rings. The number of nitrogens with zero attached hydrogens (tertiary/aromatic N) is 1. The Balaban J connectivity index is 1.56. The largest absolute Gasteiger partial charge is 0.457 e. The van der Waals surface area contributed by atoms with Gasteiger partial charge in [-0.25, -0.2) is 4.79 Å². The number of thioether (sulfide) groups is 1. The molecule has 0 spiro atoms. The van der Waals surface area contributed by atoms with Gasteiger partial charge in [0, 0.05) is 16.8 Å². The van der Waals surface area contributed by atoms with E-state index in [0.29, 0.717) is 26.9 Å². The van der Waals surface area contributed by atoms with Crippen molar-refractivity contribution in [3.05, 3.63) is 92.6 Å². The third-order valence-electron chi connectivity index (χ3n) is 6.60. The Morgan fingerprint density at radius 2 is 1.81 bits per heavy atom. The first-order valence-corrected chi connectivity index (χ1v) is 13.8. The predicted molar refractivity (Wildman–Crippen MR) is 146 cm³/mol. The van der Waals surface area contributed by atoms with E-state index < -0.39 is 11.9 Å². The van der Waals surface area contributed by atoms with Crippen LogP contribution in [-0.4, -0.2) is 23.7 Å². The van der Waals surface area contributed by atoms with Crippen LogP contribution in [0.5, 0.6) is 0 Å². The molecule has 1 heterocycles. The van der Waals surface area contributed by atoms with Gasteiger partial charge in [0.2, 0.25) is 5.91 Å². The second kappa shape index (κ2) is 12.8. The number of nitriles is 1. The van der Waals surface area contributed by atoms with Crippen LogP contribution in [0, 0.1) is 11.3 Å². The maximum Gasteiger partial charge on any atom is 0.337 e. The van der Waals surface area contributed by atoms with Crippen LogP contribution in [0.25, 0.3) is 0 Å². The molecule has 0 radical (unpaired) electrons. The Morgan fingerprint density at radius 3 is 2.49 bits per heavy atom. The molecule has 2 aromatic carbocycles. The average Bonchev–Trinajstić information content (AvgIpc) is 2.91. The van der Waals surface area contributed by atoms with Gasteiger partial charge in [-0.3, -0.25) is 4.79 Å². The second-order valence-corrected chi connectivity index (χ2v) is 10.7. The Morgan fingerprint density at radius 1 is 1.11 bits per heavy atom. The number of carbonyl (C=O) groups excluding carboxylic acids is 2. The number of halogens is 1. The molecule has 0 unspecified atom stereocenters. The van der Waals surface area contributed by atoms with E-state index in [4.69, 9.17) is 16.3 Å². The number of allylic oxidation sites excluding steroid dienone is 2. The molecule has 192 valence electrons. The Labute approximate surface area is 227 Å². The van der Waals surface area contributed by atoms with Crippen LogP contribution in [-0.2, 0) is 20.9 Å². The summed E-state index contributed by atoms with van der Waals surface area (Å²) in [5, 5.41) is 17.7. The van der Waals surface area contributed by atoms with Crippen molar-refractivity contribution in [3.8, 4) is 6.07 Å². The summed E-state index contributed by atoms with van der Waals surface area (Å²) in [6, 6.07) is 19.1. The molecule has 37 heavy (non-hydrogen) atoms. The van der Waals surface area contributed by atoms with Crippen molar-refractivity contribution < 1.29 is 14.3 Å². The summed E-state index contributed by atoms with van der Waals surface area (Å²) >= 11 is 7.40. The normalized spacial score (nSPS) is 18.1. The van der Waals surface area contributed by atoms with Crippen LogP contribution >= 0.6 is 23.4 Å². The summed E-state index contributed by atoms with van der Waals surface area (Å²) in [5.74, 6) is -1.02. The van der Waals surface area contributed by atoms with E-state index in [1.807, 2.05) is 42.5 Å². The molecule has 6 nitrogen and oxygen atoms in total. The fourth-order valence-corrected chi connectivity index (χ4v) is 5.77.